The van der Waals surface area contributed by atoms with Gasteiger partial charge in [-0.3, -0.25) is 0 Å². The standard InChI is InChI=1S/C26H38O8/c1-11-12-13-14-15-16-26(33-23(29)19(6)7,34-24(30)20(8)9)25(10,31-21(27)17(2)3)32-22(28)18(4)5/h2,4,6,8,11-16H2,1,3,5,7,9-10H3. The van der Waals surface area contributed by atoms with Crippen LogP contribution in [0, 0.1) is 0 Å². The molecule has 0 spiro atoms. The molecule has 0 N–H and O–H groups in total. The lowest BCUT2D eigenvalue weighted by molar-refractivity contribution is -0.356. The first-order valence-electron chi connectivity index (χ1n) is 11.2. The van der Waals surface area contributed by atoms with Gasteiger partial charge in [-0.15, -0.1) is 0 Å². The molecule has 8 heteroatoms. The van der Waals surface area contributed by atoms with E-state index in [0.29, 0.717) is 12.8 Å². The first kappa shape index (κ1) is 30.8. The summed E-state index contributed by atoms with van der Waals surface area (Å²) in [5, 5.41) is 0. The van der Waals surface area contributed by atoms with Gasteiger partial charge in [-0.05, 0) is 34.1 Å². The molecular weight excluding hydrogens is 440 g/mol. The van der Waals surface area contributed by atoms with Gasteiger partial charge in [0.2, 0.25) is 0 Å². The van der Waals surface area contributed by atoms with Crippen LogP contribution in [0.25, 0.3) is 0 Å². The number of esters is 4. The van der Waals surface area contributed by atoms with Gasteiger partial charge in [0.05, 0.1) is 0 Å². The van der Waals surface area contributed by atoms with E-state index in [9.17, 15) is 19.2 Å². The summed E-state index contributed by atoms with van der Waals surface area (Å²) in [5.41, 5.74) is -0.0677. The summed E-state index contributed by atoms with van der Waals surface area (Å²) in [7, 11) is 0. The second kappa shape index (κ2) is 13.5. The van der Waals surface area contributed by atoms with Crippen LogP contribution >= 0.6 is 0 Å². The molecule has 0 saturated carbocycles. The summed E-state index contributed by atoms with van der Waals surface area (Å²) in [6, 6.07) is 0. The van der Waals surface area contributed by atoms with Gasteiger partial charge in [-0.2, -0.15) is 0 Å². The fraction of sp³-hybridized carbons (Fsp3) is 0.538. The Morgan fingerprint density at radius 1 is 0.588 bits per heavy atom. The number of hydrogen-bond donors (Lipinski definition) is 0. The van der Waals surface area contributed by atoms with E-state index in [2.05, 4.69) is 33.2 Å². The molecular formula is C26H38O8. The Morgan fingerprint density at radius 2 is 0.912 bits per heavy atom. The molecule has 0 aliphatic carbocycles. The summed E-state index contributed by atoms with van der Waals surface area (Å²) >= 11 is 0. The summed E-state index contributed by atoms with van der Waals surface area (Å²) in [5.74, 6) is -8.52. The van der Waals surface area contributed by atoms with Gasteiger partial charge in [-0.25, -0.2) is 19.2 Å². The molecule has 0 unspecified atom stereocenters. The molecule has 0 aliphatic heterocycles. The Kier molecular flexibility index (Phi) is 12.3. The van der Waals surface area contributed by atoms with Crippen LogP contribution in [0.4, 0.5) is 0 Å². The predicted octanol–water partition coefficient (Wildman–Crippen LogP) is 5.24. The molecule has 0 aliphatic rings. The van der Waals surface area contributed by atoms with E-state index >= 15 is 0 Å². The molecule has 0 saturated heterocycles. The second-order valence-electron chi connectivity index (χ2n) is 8.54. The number of rotatable bonds is 15. The van der Waals surface area contributed by atoms with Gasteiger partial charge in [0.1, 0.15) is 0 Å². The maximum atomic E-state index is 12.7. The van der Waals surface area contributed by atoms with Crippen molar-refractivity contribution in [3.63, 3.8) is 0 Å². The molecule has 0 heterocycles. The minimum atomic E-state index is -2.39. The molecule has 0 aromatic heterocycles. The highest BCUT2D eigenvalue weighted by molar-refractivity contribution is 5.91. The Morgan fingerprint density at radius 3 is 1.24 bits per heavy atom. The highest BCUT2D eigenvalue weighted by Gasteiger charge is 2.61. The van der Waals surface area contributed by atoms with Crippen molar-refractivity contribution in [1.82, 2.24) is 0 Å². The van der Waals surface area contributed by atoms with Crippen LogP contribution in [0.1, 0.15) is 80.1 Å². The van der Waals surface area contributed by atoms with Gasteiger partial charge < -0.3 is 18.9 Å². The largest absolute Gasteiger partial charge is 0.411 e. The zero-order valence-corrected chi connectivity index (χ0v) is 21.3. The number of ether oxygens (including phenoxy) is 4. The van der Waals surface area contributed by atoms with Crippen LogP contribution in [0.15, 0.2) is 48.6 Å². The molecule has 34 heavy (non-hydrogen) atoms. The lowest BCUT2D eigenvalue weighted by Gasteiger charge is -2.44. The molecule has 0 bridgehead atoms. The van der Waals surface area contributed by atoms with Gasteiger partial charge in [0.15, 0.2) is 0 Å². The van der Waals surface area contributed by atoms with Gasteiger partial charge in [-0.1, -0.05) is 58.9 Å². The fourth-order valence-corrected chi connectivity index (χ4v) is 2.67. The topological polar surface area (TPSA) is 105 Å². The first-order valence-corrected chi connectivity index (χ1v) is 11.2. The highest BCUT2D eigenvalue weighted by atomic mass is 16.8. The number of hydrogen-bond acceptors (Lipinski definition) is 8. The van der Waals surface area contributed by atoms with Crippen LogP contribution in [0.3, 0.4) is 0 Å². The number of carbonyl (C=O) groups is 4. The van der Waals surface area contributed by atoms with Gasteiger partial charge in [0.25, 0.3) is 0 Å². The zero-order chi connectivity index (χ0) is 26.7. The van der Waals surface area contributed by atoms with Crippen LogP contribution < -0.4 is 0 Å². The Hall–Kier alpha value is -3.16. The predicted molar refractivity (Wildman–Crippen MR) is 128 cm³/mol. The summed E-state index contributed by atoms with van der Waals surface area (Å²) < 4.78 is 22.2. The average molecular weight is 479 g/mol. The SMILES string of the molecule is C=C(C)C(=O)OC(C)(OC(=O)C(=C)C)C(CCCCCCC)(OC(=O)C(=C)C)OC(=O)C(=C)C. The Balaban J connectivity index is 6.83. The van der Waals surface area contributed by atoms with E-state index < -0.39 is 35.5 Å². The van der Waals surface area contributed by atoms with Crippen LogP contribution in [-0.4, -0.2) is 35.5 Å². The smallest absolute Gasteiger partial charge is 0.336 e. The van der Waals surface area contributed by atoms with Gasteiger partial charge >= 0.3 is 35.5 Å². The van der Waals surface area contributed by atoms with Crippen LogP contribution in [0.2, 0.25) is 0 Å². The van der Waals surface area contributed by atoms with E-state index in [1.165, 1.54) is 34.6 Å². The molecule has 0 aromatic carbocycles. The summed E-state index contributed by atoms with van der Waals surface area (Å²) in [6.07, 6.45) is 3.75. The lowest BCUT2D eigenvalue weighted by atomic mass is 9.97. The minimum absolute atomic E-state index is 0.0125. The third-order valence-electron chi connectivity index (χ3n) is 4.79. The maximum Gasteiger partial charge on any atom is 0.336 e. The van der Waals surface area contributed by atoms with E-state index in [0.717, 1.165) is 19.3 Å². The van der Waals surface area contributed by atoms with Crippen molar-refractivity contribution in [2.45, 2.75) is 91.6 Å². The molecule has 0 fully saturated rings. The third-order valence-corrected chi connectivity index (χ3v) is 4.79. The second-order valence-corrected chi connectivity index (χ2v) is 8.54. The van der Waals surface area contributed by atoms with E-state index in [1.54, 1.807) is 0 Å². The van der Waals surface area contributed by atoms with Crippen molar-refractivity contribution in [2.75, 3.05) is 0 Å². The highest BCUT2D eigenvalue weighted by Crippen LogP contribution is 2.40. The van der Waals surface area contributed by atoms with E-state index in [-0.39, 0.29) is 28.7 Å². The fourth-order valence-electron chi connectivity index (χ4n) is 2.67. The van der Waals surface area contributed by atoms with Crippen LogP contribution in [-0.2, 0) is 38.1 Å². The van der Waals surface area contributed by atoms with E-state index in [1.807, 2.05) is 0 Å². The minimum Gasteiger partial charge on any atom is -0.411 e. The quantitative estimate of drug-likeness (QED) is 0.136. The van der Waals surface area contributed by atoms with Gasteiger partial charge in [0, 0.05) is 35.6 Å². The molecule has 190 valence electrons. The first-order chi connectivity index (χ1) is 15.6. The summed E-state index contributed by atoms with van der Waals surface area (Å²) in [6.45, 7) is 23.0. The maximum absolute atomic E-state index is 12.7. The number of carbonyl (C=O) groups excluding carboxylic acids is 4. The Bertz CT molecular complexity index is 793. The summed E-state index contributed by atoms with van der Waals surface area (Å²) in [4.78, 5) is 50.5. The van der Waals surface area contributed by atoms with E-state index in [4.69, 9.17) is 18.9 Å². The van der Waals surface area contributed by atoms with Crippen molar-refractivity contribution in [1.29, 1.82) is 0 Å². The average Bonchev–Trinajstić information content (AvgIpc) is 2.72. The third kappa shape index (κ3) is 9.00. The molecule has 8 nitrogen and oxygen atoms in total. The van der Waals surface area contributed by atoms with Crippen molar-refractivity contribution in [3.8, 4) is 0 Å². The molecule has 0 radical (unpaired) electrons. The van der Waals surface area contributed by atoms with Crippen molar-refractivity contribution >= 4 is 23.9 Å². The van der Waals surface area contributed by atoms with Crippen molar-refractivity contribution < 1.29 is 38.1 Å². The molecule has 0 amide bonds. The normalized spacial score (nSPS) is 11.1. The monoisotopic (exact) mass is 478 g/mol. The van der Waals surface area contributed by atoms with Crippen LogP contribution in [0.5, 0.6) is 0 Å². The zero-order valence-electron chi connectivity index (χ0n) is 21.3. The Labute approximate surface area is 202 Å². The van der Waals surface area contributed by atoms with Crippen molar-refractivity contribution in [3.05, 3.63) is 48.6 Å². The number of unbranched alkanes of at least 4 members (excludes halogenated alkanes) is 4. The molecule has 0 rings (SSSR count). The molecule has 0 atom stereocenters. The van der Waals surface area contributed by atoms with Crippen molar-refractivity contribution in [2.24, 2.45) is 0 Å². The molecule has 0 aromatic rings. The lowest BCUT2D eigenvalue weighted by Crippen LogP contribution is -2.62.